The third kappa shape index (κ3) is 7.26. The highest BCUT2D eigenvalue weighted by molar-refractivity contribution is 4.65. The van der Waals surface area contributed by atoms with E-state index in [1.165, 1.54) is 0 Å². The quantitative estimate of drug-likeness (QED) is 0.583. The first kappa shape index (κ1) is 13.8. The van der Waals surface area contributed by atoms with Crippen LogP contribution in [-0.2, 0) is 4.74 Å². The Morgan fingerprint density at radius 3 is 2.36 bits per heavy atom. The number of hydrogen-bond acceptors (Lipinski definition) is 4. The van der Waals surface area contributed by atoms with Crippen LogP contribution in [-0.4, -0.2) is 61.2 Å². The summed E-state index contributed by atoms with van der Waals surface area (Å²) in [7, 11) is 1.66. The van der Waals surface area contributed by atoms with Gasteiger partial charge in [-0.25, -0.2) is 0 Å². The Kier molecular flexibility index (Phi) is 8.08. The molecule has 0 aromatic carbocycles. The standard InChI is InChI=1S/C10H23NO3/c1-9(2)6-11(4-5-14-3)7-10(13)8-12/h9-10,12-13H,4-8H2,1-3H3. The smallest absolute Gasteiger partial charge is 0.0897 e. The molecule has 0 saturated carbocycles. The molecule has 0 amide bonds. The Morgan fingerprint density at radius 2 is 1.93 bits per heavy atom. The number of methoxy groups -OCH3 is 1. The van der Waals surface area contributed by atoms with Crippen LogP contribution in [0.1, 0.15) is 13.8 Å². The molecule has 4 heteroatoms. The fraction of sp³-hybridized carbons (Fsp3) is 1.00. The highest BCUT2D eigenvalue weighted by Gasteiger charge is 2.11. The maximum atomic E-state index is 9.31. The summed E-state index contributed by atoms with van der Waals surface area (Å²) in [4.78, 5) is 2.11. The molecule has 0 aromatic rings. The largest absolute Gasteiger partial charge is 0.394 e. The van der Waals surface area contributed by atoms with Crippen LogP contribution in [0.3, 0.4) is 0 Å². The third-order valence-electron chi connectivity index (χ3n) is 1.91. The Hall–Kier alpha value is -0.160. The number of aliphatic hydroxyl groups is 2. The van der Waals surface area contributed by atoms with Crippen LogP contribution in [0, 0.1) is 5.92 Å². The highest BCUT2D eigenvalue weighted by atomic mass is 16.5. The monoisotopic (exact) mass is 205 g/mol. The summed E-state index contributed by atoms with van der Waals surface area (Å²) >= 11 is 0. The maximum absolute atomic E-state index is 9.31. The Morgan fingerprint density at radius 1 is 1.29 bits per heavy atom. The van der Waals surface area contributed by atoms with Gasteiger partial charge in [-0.3, -0.25) is 4.90 Å². The molecule has 2 N–H and O–H groups in total. The first-order chi connectivity index (χ1) is 6.60. The van der Waals surface area contributed by atoms with Gasteiger partial charge in [-0.1, -0.05) is 13.8 Å². The van der Waals surface area contributed by atoms with Crippen LogP contribution in [0.5, 0.6) is 0 Å². The van der Waals surface area contributed by atoms with E-state index in [4.69, 9.17) is 9.84 Å². The van der Waals surface area contributed by atoms with E-state index in [1.54, 1.807) is 7.11 Å². The molecule has 0 aliphatic rings. The summed E-state index contributed by atoms with van der Waals surface area (Å²) in [5.41, 5.74) is 0. The van der Waals surface area contributed by atoms with Gasteiger partial charge in [-0.15, -0.1) is 0 Å². The number of aliphatic hydroxyl groups excluding tert-OH is 2. The zero-order chi connectivity index (χ0) is 11.0. The van der Waals surface area contributed by atoms with Gasteiger partial charge in [0.1, 0.15) is 0 Å². The first-order valence-electron chi connectivity index (χ1n) is 5.10. The average molecular weight is 205 g/mol. The van der Waals surface area contributed by atoms with Crippen molar-refractivity contribution in [3.8, 4) is 0 Å². The molecule has 1 unspecified atom stereocenters. The summed E-state index contributed by atoms with van der Waals surface area (Å²) in [6, 6.07) is 0. The Balaban J connectivity index is 3.83. The molecule has 4 nitrogen and oxygen atoms in total. The second-order valence-corrected chi connectivity index (χ2v) is 3.98. The van der Waals surface area contributed by atoms with E-state index >= 15 is 0 Å². The molecule has 0 heterocycles. The molecular formula is C10H23NO3. The van der Waals surface area contributed by atoms with Gasteiger partial charge in [0.15, 0.2) is 0 Å². The van der Waals surface area contributed by atoms with Gasteiger partial charge in [0.25, 0.3) is 0 Å². The van der Waals surface area contributed by atoms with Gasteiger partial charge in [0, 0.05) is 26.7 Å². The highest BCUT2D eigenvalue weighted by Crippen LogP contribution is 2.00. The SMILES string of the molecule is COCCN(CC(C)C)CC(O)CO. The van der Waals surface area contributed by atoms with Crippen molar-refractivity contribution in [3.05, 3.63) is 0 Å². The molecule has 0 aromatic heterocycles. The predicted octanol–water partition coefficient (Wildman–Crippen LogP) is -0.0560. The van der Waals surface area contributed by atoms with Crippen molar-refractivity contribution >= 4 is 0 Å². The first-order valence-corrected chi connectivity index (χ1v) is 5.10. The van der Waals surface area contributed by atoms with E-state index in [2.05, 4.69) is 18.7 Å². The van der Waals surface area contributed by atoms with Gasteiger partial charge >= 0.3 is 0 Å². The Bertz CT molecular complexity index is 131. The van der Waals surface area contributed by atoms with Gasteiger partial charge in [0.05, 0.1) is 19.3 Å². The van der Waals surface area contributed by atoms with Crippen molar-refractivity contribution in [2.45, 2.75) is 20.0 Å². The fourth-order valence-electron chi connectivity index (χ4n) is 1.35. The molecular weight excluding hydrogens is 182 g/mol. The van der Waals surface area contributed by atoms with Crippen molar-refractivity contribution in [2.75, 3.05) is 40.0 Å². The number of ether oxygens (including phenoxy) is 1. The lowest BCUT2D eigenvalue weighted by atomic mass is 10.2. The van der Waals surface area contributed by atoms with Gasteiger partial charge in [-0.2, -0.15) is 0 Å². The molecule has 0 spiro atoms. The number of nitrogens with zero attached hydrogens (tertiary/aromatic N) is 1. The van der Waals surface area contributed by atoms with Crippen LogP contribution in [0.25, 0.3) is 0 Å². The number of hydrogen-bond donors (Lipinski definition) is 2. The van der Waals surface area contributed by atoms with E-state index in [-0.39, 0.29) is 6.61 Å². The summed E-state index contributed by atoms with van der Waals surface area (Å²) in [6.45, 7) is 6.97. The van der Waals surface area contributed by atoms with Crippen LogP contribution < -0.4 is 0 Å². The molecule has 0 aliphatic heterocycles. The van der Waals surface area contributed by atoms with Crippen LogP contribution in [0.2, 0.25) is 0 Å². The van der Waals surface area contributed by atoms with Crippen molar-refractivity contribution in [2.24, 2.45) is 5.92 Å². The van der Waals surface area contributed by atoms with Gasteiger partial charge in [0.2, 0.25) is 0 Å². The lowest BCUT2D eigenvalue weighted by Gasteiger charge is -2.25. The van der Waals surface area contributed by atoms with E-state index in [0.717, 1.165) is 13.1 Å². The van der Waals surface area contributed by atoms with E-state index in [9.17, 15) is 5.11 Å². The molecule has 0 fully saturated rings. The topological polar surface area (TPSA) is 52.9 Å². The van der Waals surface area contributed by atoms with Gasteiger partial charge in [-0.05, 0) is 5.92 Å². The van der Waals surface area contributed by atoms with E-state index < -0.39 is 6.10 Å². The number of rotatable bonds is 8. The maximum Gasteiger partial charge on any atom is 0.0897 e. The normalized spacial score (nSPS) is 13.9. The van der Waals surface area contributed by atoms with Crippen molar-refractivity contribution in [1.29, 1.82) is 0 Å². The van der Waals surface area contributed by atoms with Crippen molar-refractivity contribution in [1.82, 2.24) is 4.90 Å². The molecule has 0 rings (SSSR count). The Labute approximate surface area is 86.5 Å². The second kappa shape index (κ2) is 8.17. The fourth-order valence-corrected chi connectivity index (χ4v) is 1.35. The van der Waals surface area contributed by atoms with E-state index in [0.29, 0.717) is 19.1 Å². The summed E-state index contributed by atoms with van der Waals surface area (Å²) in [5, 5.41) is 18.0. The zero-order valence-corrected chi connectivity index (χ0v) is 9.44. The minimum Gasteiger partial charge on any atom is -0.394 e. The molecule has 14 heavy (non-hydrogen) atoms. The van der Waals surface area contributed by atoms with E-state index in [1.807, 2.05) is 0 Å². The lowest BCUT2D eigenvalue weighted by Crippen LogP contribution is -2.38. The summed E-state index contributed by atoms with van der Waals surface area (Å²) in [5.74, 6) is 0.553. The molecule has 86 valence electrons. The van der Waals surface area contributed by atoms with Crippen LogP contribution >= 0.6 is 0 Å². The molecule has 0 bridgehead atoms. The summed E-state index contributed by atoms with van der Waals surface area (Å²) in [6.07, 6.45) is -0.648. The summed E-state index contributed by atoms with van der Waals surface area (Å²) < 4.78 is 4.98. The molecule has 1 atom stereocenters. The molecule has 0 saturated heterocycles. The lowest BCUT2D eigenvalue weighted by molar-refractivity contribution is 0.0458. The van der Waals surface area contributed by atoms with Crippen LogP contribution in [0.4, 0.5) is 0 Å². The molecule has 0 radical (unpaired) electrons. The minimum atomic E-state index is -0.648. The van der Waals surface area contributed by atoms with Crippen molar-refractivity contribution in [3.63, 3.8) is 0 Å². The minimum absolute atomic E-state index is 0.179. The average Bonchev–Trinajstić information content (AvgIpc) is 2.13. The molecule has 0 aliphatic carbocycles. The zero-order valence-electron chi connectivity index (χ0n) is 9.44. The third-order valence-corrected chi connectivity index (χ3v) is 1.91. The second-order valence-electron chi connectivity index (χ2n) is 3.98. The predicted molar refractivity (Wildman–Crippen MR) is 56.2 cm³/mol. The van der Waals surface area contributed by atoms with Crippen molar-refractivity contribution < 1.29 is 14.9 Å². The van der Waals surface area contributed by atoms with Crippen LogP contribution in [0.15, 0.2) is 0 Å². The van der Waals surface area contributed by atoms with Gasteiger partial charge < -0.3 is 14.9 Å².